The number of ketones is 1. The highest BCUT2D eigenvalue weighted by Crippen LogP contribution is 2.39. The van der Waals surface area contributed by atoms with Gasteiger partial charge < -0.3 is 15.2 Å². The Kier molecular flexibility index (Phi) is 4.30. The Morgan fingerprint density at radius 1 is 1.27 bits per heavy atom. The summed E-state index contributed by atoms with van der Waals surface area (Å²) < 4.78 is 45.8. The fourth-order valence-electron chi connectivity index (χ4n) is 2.59. The van der Waals surface area contributed by atoms with Crippen molar-refractivity contribution in [2.45, 2.75) is 37.6 Å². The molecule has 0 bridgehead atoms. The Bertz CT molecular complexity index is 588. The SMILES string of the molecule is NC(=O)OC1(c2cccc(OC(F)(F)F)c2)CCCCC1=O. The molecule has 1 amide bonds. The van der Waals surface area contributed by atoms with E-state index < -0.39 is 23.8 Å². The summed E-state index contributed by atoms with van der Waals surface area (Å²) in [4.78, 5) is 23.4. The van der Waals surface area contributed by atoms with Crippen LogP contribution in [0.25, 0.3) is 0 Å². The quantitative estimate of drug-likeness (QED) is 0.929. The summed E-state index contributed by atoms with van der Waals surface area (Å²) in [5.74, 6) is -0.877. The van der Waals surface area contributed by atoms with Gasteiger partial charge in [0.2, 0.25) is 0 Å². The van der Waals surface area contributed by atoms with E-state index in [2.05, 4.69) is 4.74 Å². The minimum Gasteiger partial charge on any atom is -0.430 e. The summed E-state index contributed by atoms with van der Waals surface area (Å²) in [6, 6.07) is 4.85. The van der Waals surface area contributed by atoms with Crippen molar-refractivity contribution in [3.63, 3.8) is 0 Å². The van der Waals surface area contributed by atoms with E-state index in [4.69, 9.17) is 10.5 Å². The van der Waals surface area contributed by atoms with Gasteiger partial charge in [0.1, 0.15) is 5.75 Å². The molecule has 1 aliphatic carbocycles. The van der Waals surface area contributed by atoms with Crippen LogP contribution in [-0.2, 0) is 15.1 Å². The Morgan fingerprint density at radius 2 is 2.00 bits per heavy atom. The molecule has 1 unspecified atom stereocenters. The van der Waals surface area contributed by atoms with Crippen LogP contribution < -0.4 is 10.5 Å². The summed E-state index contributed by atoms with van der Waals surface area (Å²) in [5.41, 5.74) is 3.50. The lowest BCUT2D eigenvalue weighted by Crippen LogP contribution is -2.44. The van der Waals surface area contributed by atoms with Crippen LogP contribution in [0.4, 0.5) is 18.0 Å². The lowest BCUT2D eigenvalue weighted by Gasteiger charge is -2.35. The third-order valence-electron chi connectivity index (χ3n) is 3.44. The standard InChI is InChI=1S/C14H14F3NO4/c15-14(16,17)21-10-5-3-4-9(8-10)13(22-12(18)20)7-2-1-6-11(13)19/h3-5,8H,1-2,6-7H2,(H2,18,20). The van der Waals surface area contributed by atoms with Gasteiger partial charge in [-0.15, -0.1) is 13.2 Å². The molecule has 2 N–H and O–H groups in total. The molecule has 8 heteroatoms. The number of hydrogen-bond acceptors (Lipinski definition) is 4. The molecule has 1 fully saturated rings. The molecule has 1 aromatic carbocycles. The van der Waals surface area contributed by atoms with Crippen LogP contribution in [0.2, 0.25) is 0 Å². The van der Waals surface area contributed by atoms with Crippen LogP contribution in [0, 0.1) is 0 Å². The van der Waals surface area contributed by atoms with Crippen molar-refractivity contribution in [3.05, 3.63) is 29.8 Å². The van der Waals surface area contributed by atoms with E-state index in [1.807, 2.05) is 0 Å². The average molecular weight is 317 g/mol. The van der Waals surface area contributed by atoms with Crippen LogP contribution in [0.3, 0.4) is 0 Å². The third kappa shape index (κ3) is 3.49. The molecule has 2 rings (SSSR count). The van der Waals surface area contributed by atoms with Crippen LogP contribution in [0.1, 0.15) is 31.2 Å². The van der Waals surface area contributed by atoms with Gasteiger partial charge in [-0.25, -0.2) is 4.79 Å². The zero-order chi connectivity index (χ0) is 16.4. The third-order valence-corrected chi connectivity index (χ3v) is 3.44. The van der Waals surface area contributed by atoms with E-state index in [1.165, 1.54) is 12.1 Å². The maximum atomic E-state index is 12.3. The molecule has 5 nitrogen and oxygen atoms in total. The first-order chi connectivity index (χ1) is 10.2. The van der Waals surface area contributed by atoms with Crippen LogP contribution in [-0.4, -0.2) is 18.2 Å². The lowest BCUT2D eigenvalue weighted by molar-refractivity contribution is -0.274. The van der Waals surface area contributed by atoms with Crippen molar-refractivity contribution in [1.29, 1.82) is 0 Å². The second kappa shape index (κ2) is 5.86. The van der Waals surface area contributed by atoms with Crippen molar-refractivity contribution in [1.82, 2.24) is 0 Å². The Labute approximate surface area is 124 Å². The predicted octanol–water partition coefficient (Wildman–Crippen LogP) is 3.02. The van der Waals surface area contributed by atoms with Gasteiger partial charge >= 0.3 is 12.5 Å². The molecule has 0 saturated heterocycles. The maximum absolute atomic E-state index is 12.3. The molecular weight excluding hydrogens is 303 g/mol. The molecule has 0 spiro atoms. The summed E-state index contributed by atoms with van der Waals surface area (Å²) in [7, 11) is 0. The van der Waals surface area contributed by atoms with Crippen molar-refractivity contribution in [3.8, 4) is 5.75 Å². The molecule has 1 aliphatic rings. The number of benzene rings is 1. The largest absolute Gasteiger partial charge is 0.573 e. The first-order valence-electron chi connectivity index (χ1n) is 6.61. The van der Waals surface area contributed by atoms with Gasteiger partial charge in [-0.1, -0.05) is 12.1 Å². The molecule has 22 heavy (non-hydrogen) atoms. The number of amides is 1. The van der Waals surface area contributed by atoms with Gasteiger partial charge in [0.15, 0.2) is 11.4 Å². The van der Waals surface area contributed by atoms with Crippen molar-refractivity contribution < 1.29 is 32.2 Å². The second-order valence-electron chi connectivity index (χ2n) is 4.95. The van der Waals surface area contributed by atoms with E-state index in [9.17, 15) is 22.8 Å². The first kappa shape index (κ1) is 16.1. The Hall–Kier alpha value is -2.25. The molecule has 1 aromatic rings. The van der Waals surface area contributed by atoms with E-state index >= 15 is 0 Å². The monoisotopic (exact) mass is 317 g/mol. The van der Waals surface area contributed by atoms with Crippen molar-refractivity contribution in [2.24, 2.45) is 5.73 Å². The summed E-state index contributed by atoms with van der Waals surface area (Å²) in [6.45, 7) is 0. The summed E-state index contributed by atoms with van der Waals surface area (Å²) >= 11 is 0. The fourth-order valence-corrected chi connectivity index (χ4v) is 2.59. The van der Waals surface area contributed by atoms with E-state index in [-0.39, 0.29) is 24.2 Å². The number of carbonyl (C=O) groups excluding carboxylic acids is 2. The number of halogens is 3. The molecule has 120 valence electrons. The number of primary amides is 1. The van der Waals surface area contributed by atoms with E-state index in [0.717, 1.165) is 12.1 Å². The van der Waals surface area contributed by atoms with Crippen molar-refractivity contribution in [2.75, 3.05) is 0 Å². The number of carbonyl (C=O) groups is 2. The van der Waals surface area contributed by atoms with Crippen LogP contribution in [0.5, 0.6) is 5.75 Å². The zero-order valence-electron chi connectivity index (χ0n) is 11.5. The van der Waals surface area contributed by atoms with Gasteiger partial charge in [-0.05, 0) is 31.4 Å². The highest BCUT2D eigenvalue weighted by Gasteiger charge is 2.45. The molecule has 1 atom stereocenters. The fraction of sp³-hybridized carbons (Fsp3) is 0.429. The highest BCUT2D eigenvalue weighted by molar-refractivity contribution is 5.91. The minimum atomic E-state index is -4.85. The van der Waals surface area contributed by atoms with E-state index in [0.29, 0.717) is 12.8 Å². The molecule has 0 radical (unpaired) electrons. The number of nitrogens with two attached hydrogens (primary N) is 1. The van der Waals surface area contributed by atoms with E-state index in [1.54, 1.807) is 0 Å². The van der Waals surface area contributed by atoms with Gasteiger partial charge in [0.25, 0.3) is 0 Å². The topological polar surface area (TPSA) is 78.6 Å². The number of ether oxygens (including phenoxy) is 2. The highest BCUT2D eigenvalue weighted by atomic mass is 19.4. The van der Waals surface area contributed by atoms with Gasteiger partial charge in [-0.3, -0.25) is 4.79 Å². The average Bonchev–Trinajstić information content (AvgIpc) is 2.39. The van der Waals surface area contributed by atoms with Crippen LogP contribution >= 0.6 is 0 Å². The number of alkyl halides is 3. The van der Waals surface area contributed by atoms with Crippen molar-refractivity contribution >= 4 is 11.9 Å². The first-order valence-corrected chi connectivity index (χ1v) is 6.61. The normalized spacial score (nSPS) is 22.2. The number of rotatable bonds is 3. The summed E-state index contributed by atoms with van der Waals surface area (Å²) in [5, 5.41) is 0. The van der Waals surface area contributed by atoms with Crippen LogP contribution in [0.15, 0.2) is 24.3 Å². The number of Topliss-reactive ketones (excluding diaryl/α,β-unsaturated/α-hetero) is 1. The number of hydrogen-bond donors (Lipinski definition) is 1. The maximum Gasteiger partial charge on any atom is 0.573 e. The van der Waals surface area contributed by atoms with Gasteiger partial charge in [-0.2, -0.15) is 0 Å². The Balaban J connectivity index is 2.41. The van der Waals surface area contributed by atoms with Gasteiger partial charge in [0, 0.05) is 12.0 Å². The molecule has 0 heterocycles. The minimum absolute atomic E-state index is 0.123. The van der Waals surface area contributed by atoms with Gasteiger partial charge in [0.05, 0.1) is 0 Å². The second-order valence-corrected chi connectivity index (χ2v) is 4.95. The molecule has 0 aliphatic heterocycles. The Morgan fingerprint density at radius 3 is 2.59 bits per heavy atom. The molecule has 0 aromatic heterocycles. The summed E-state index contributed by atoms with van der Waals surface area (Å²) in [6.07, 6.45) is -4.46. The smallest absolute Gasteiger partial charge is 0.430 e. The molecular formula is C14H14F3NO4. The molecule has 1 saturated carbocycles. The zero-order valence-corrected chi connectivity index (χ0v) is 11.5. The predicted molar refractivity (Wildman–Crippen MR) is 68.9 cm³/mol. The lowest BCUT2D eigenvalue weighted by atomic mass is 9.78.